The fourth-order valence-electron chi connectivity index (χ4n) is 3.15. The number of aromatic nitrogens is 1. The van der Waals surface area contributed by atoms with Crippen molar-refractivity contribution in [2.24, 2.45) is 5.92 Å². The number of carbonyl (C=O) groups is 2. The highest BCUT2D eigenvalue weighted by molar-refractivity contribution is 6.05. The lowest BCUT2D eigenvalue weighted by molar-refractivity contribution is -0.118. The number of hydrogen-bond acceptors (Lipinski definition) is 2. The van der Waals surface area contributed by atoms with Crippen molar-refractivity contribution in [3.63, 3.8) is 0 Å². The topological polar surface area (TPSA) is 63.1 Å². The lowest BCUT2D eigenvalue weighted by Crippen LogP contribution is -2.18. The molecule has 2 N–H and O–H groups in total. The van der Waals surface area contributed by atoms with E-state index in [0.29, 0.717) is 16.9 Å². The third-order valence-electron chi connectivity index (χ3n) is 4.94. The molecule has 0 radical (unpaired) electrons. The molecular formula is C24H27N3O2. The second-order valence-corrected chi connectivity index (χ2v) is 7.63. The summed E-state index contributed by atoms with van der Waals surface area (Å²) in [5, 5.41) is 5.81. The van der Waals surface area contributed by atoms with E-state index in [-0.39, 0.29) is 17.7 Å². The molecule has 0 saturated carbocycles. The summed E-state index contributed by atoms with van der Waals surface area (Å²) in [7, 11) is 0. The van der Waals surface area contributed by atoms with E-state index in [9.17, 15) is 9.59 Å². The van der Waals surface area contributed by atoms with Crippen LogP contribution in [-0.4, -0.2) is 16.4 Å². The first-order valence-electron chi connectivity index (χ1n) is 9.74. The second-order valence-electron chi connectivity index (χ2n) is 7.63. The van der Waals surface area contributed by atoms with Crippen LogP contribution in [0.4, 0.5) is 11.4 Å². The Morgan fingerprint density at radius 3 is 2.03 bits per heavy atom. The first-order chi connectivity index (χ1) is 13.8. The third-order valence-corrected chi connectivity index (χ3v) is 4.94. The van der Waals surface area contributed by atoms with Gasteiger partial charge >= 0.3 is 0 Å². The molecule has 3 rings (SSSR count). The summed E-state index contributed by atoms with van der Waals surface area (Å²) in [6.07, 6.45) is 0. The number of nitrogens with one attached hydrogen (secondary N) is 2. The lowest BCUT2D eigenvalue weighted by atomic mass is 10.1. The SMILES string of the molecule is Cc1ccc(NC(=O)C(C)C)cc1NC(=O)c1ccc(-n2c(C)ccc2C)cc1. The fourth-order valence-corrected chi connectivity index (χ4v) is 3.15. The maximum atomic E-state index is 12.7. The van der Waals surface area contributed by atoms with Gasteiger partial charge in [-0.3, -0.25) is 9.59 Å². The van der Waals surface area contributed by atoms with Gasteiger partial charge < -0.3 is 15.2 Å². The van der Waals surface area contributed by atoms with E-state index in [1.165, 1.54) is 0 Å². The summed E-state index contributed by atoms with van der Waals surface area (Å²) in [5.74, 6) is -0.356. The van der Waals surface area contributed by atoms with Gasteiger partial charge in [-0.1, -0.05) is 19.9 Å². The van der Waals surface area contributed by atoms with Crippen molar-refractivity contribution < 1.29 is 9.59 Å². The Hall–Kier alpha value is -3.34. The van der Waals surface area contributed by atoms with Crippen molar-refractivity contribution >= 4 is 23.2 Å². The highest BCUT2D eigenvalue weighted by Gasteiger charge is 2.12. The van der Waals surface area contributed by atoms with Gasteiger partial charge in [-0.05, 0) is 74.9 Å². The van der Waals surface area contributed by atoms with E-state index in [4.69, 9.17) is 0 Å². The molecule has 5 heteroatoms. The largest absolute Gasteiger partial charge is 0.326 e. The van der Waals surface area contributed by atoms with Crippen molar-refractivity contribution in [3.8, 4) is 5.69 Å². The number of carbonyl (C=O) groups excluding carboxylic acids is 2. The van der Waals surface area contributed by atoms with Crippen LogP contribution in [0.25, 0.3) is 5.69 Å². The molecule has 0 aliphatic rings. The molecule has 0 atom stereocenters. The third kappa shape index (κ3) is 4.57. The van der Waals surface area contributed by atoms with Crippen LogP contribution in [-0.2, 0) is 4.79 Å². The average molecular weight is 389 g/mol. The highest BCUT2D eigenvalue weighted by atomic mass is 16.2. The maximum Gasteiger partial charge on any atom is 0.255 e. The van der Waals surface area contributed by atoms with Crippen molar-refractivity contribution in [1.82, 2.24) is 4.57 Å². The number of rotatable bonds is 5. The molecule has 0 saturated heterocycles. The molecule has 1 aromatic heterocycles. The minimum atomic E-state index is -0.187. The number of anilines is 2. The summed E-state index contributed by atoms with van der Waals surface area (Å²) < 4.78 is 2.15. The van der Waals surface area contributed by atoms with E-state index in [1.54, 1.807) is 6.07 Å². The van der Waals surface area contributed by atoms with E-state index in [1.807, 2.05) is 57.2 Å². The van der Waals surface area contributed by atoms with Gasteiger partial charge in [0.15, 0.2) is 0 Å². The van der Waals surface area contributed by atoms with Crippen LogP contribution in [0.15, 0.2) is 54.6 Å². The molecule has 0 aliphatic carbocycles. The molecule has 150 valence electrons. The zero-order valence-corrected chi connectivity index (χ0v) is 17.5. The molecule has 0 spiro atoms. The van der Waals surface area contributed by atoms with Crippen LogP contribution in [0.1, 0.15) is 41.2 Å². The number of aryl methyl sites for hydroxylation is 3. The Morgan fingerprint density at radius 1 is 0.828 bits per heavy atom. The monoisotopic (exact) mass is 389 g/mol. The van der Waals surface area contributed by atoms with E-state index >= 15 is 0 Å². The summed E-state index contributed by atoms with van der Waals surface area (Å²) >= 11 is 0. The molecule has 29 heavy (non-hydrogen) atoms. The maximum absolute atomic E-state index is 12.7. The van der Waals surface area contributed by atoms with Crippen LogP contribution < -0.4 is 10.6 Å². The lowest BCUT2D eigenvalue weighted by Gasteiger charge is -2.13. The predicted octanol–water partition coefficient (Wildman–Crippen LogP) is 5.25. The fraction of sp³-hybridized carbons (Fsp3) is 0.250. The van der Waals surface area contributed by atoms with E-state index in [0.717, 1.165) is 22.6 Å². The minimum Gasteiger partial charge on any atom is -0.326 e. The van der Waals surface area contributed by atoms with Crippen molar-refractivity contribution in [3.05, 3.63) is 77.1 Å². The Labute approximate surface area is 171 Å². The molecule has 0 fully saturated rings. The molecule has 0 aliphatic heterocycles. The Balaban J connectivity index is 1.77. The first-order valence-corrected chi connectivity index (χ1v) is 9.74. The molecule has 3 aromatic rings. The van der Waals surface area contributed by atoms with Gasteiger partial charge in [-0.2, -0.15) is 0 Å². The smallest absolute Gasteiger partial charge is 0.255 e. The Kier molecular flexibility index (Phi) is 5.87. The molecule has 2 amide bonds. The summed E-state index contributed by atoms with van der Waals surface area (Å²) in [6.45, 7) is 9.71. The zero-order chi connectivity index (χ0) is 21.1. The van der Waals surface area contributed by atoms with Crippen LogP contribution in [0.5, 0.6) is 0 Å². The first kappa shape index (κ1) is 20.4. The van der Waals surface area contributed by atoms with Gasteiger partial charge in [0.25, 0.3) is 5.91 Å². The van der Waals surface area contributed by atoms with Gasteiger partial charge in [-0.15, -0.1) is 0 Å². The van der Waals surface area contributed by atoms with Crippen molar-refractivity contribution in [2.75, 3.05) is 10.6 Å². The van der Waals surface area contributed by atoms with Gasteiger partial charge in [-0.25, -0.2) is 0 Å². The van der Waals surface area contributed by atoms with E-state index in [2.05, 4.69) is 41.2 Å². The average Bonchev–Trinajstić information content (AvgIpc) is 3.02. The van der Waals surface area contributed by atoms with Gasteiger partial charge in [0, 0.05) is 39.9 Å². The van der Waals surface area contributed by atoms with Crippen LogP contribution in [0.2, 0.25) is 0 Å². The second kappa shape index (κ2) is 8.35. The predicted molar refractivity (Wildman–Crippen MR) is 118 cm³/mol. The minimum absolute atomic E-state index is 0.0580. The normalized spacial score (nSPS) is 10.8. The highest BCUT2D eigenvalue weighted by Crippen LogP contribution is 2.22. The van der Waals surface area contributed by atoms with Crippen molar-refractivity contribution in [1.29, 1.82) is 0 Å². The van der Waals surface area contributed by atoms with Crippen LogP contribution >= 0.6 is 0 Å². The molecule has 0 unspecified atom stereocenters. The quantitative estimate of drug-likeness (QED) is 0.626. The summed E-state index contributed by atoms with van der Waals surface area (Å²) in [6, 6.07) is 17.2. The molecule has 2 aromatic carbocycles. The summed E-state index contributed by atoms with van der Waals surface area (Å²) in [5.41, 5.74) is 6.17. The number of amides is 2. The molecule has 0 bridgehead atoms. The standard InChI is InChI=1S/C24H27N3O2/c1-15(2)23(28)25-20-11-6-16(3)22(14-20)26-24(29)19-9-12-21(13-10-19)27-17(4)7-8-18(27)5/h6-15H,1-5H3,(H,25,28)(H,26,29). The number of benzene rings is 2. The Morgan fingerprint density at radius 2 is 1.45 bits per heavy atom. The number of hydrogen-bond donors (Lipinski definition) is 2. The zero-order valence-electron chi connectivity index (χ0n) is 17.5. The van der Waals surface area contributed by atoms with Crippen LogP contribution in [0, 0.1) is 26.7 Å². The summed E-state index contributed by atoms with van der Waals surface area (Å²) in [4.78, 5) is 24.7. The van der Waals surface area contributed by atoms with Gasteiger partial charge in [0.2, 0.25) is 5.91 Å². The molecular weight excluding hydrogens is 362 g/mol. The molecule has 5 nitrogen and oxygen atoms in total. The Bertz CT molecular complexity index is 1030. The van der Waals surface area contributed by atoms with E-state index < -0.39 is 0 Å². The molecule has 1 heterocycles. The number of nitrogens with zero attached hydrogens (tertiary/aromatic N) is 1. The van der Waals surface area contributed by atoms with Crippen LogP contribution in [0.3, 0.4) is 0 Å². The van der Waals surface area contributed by atoms with Gasteiger partial charge in [0.05, 0.1) is 0 Å². The van der Waals surface area contributed by atoms with Crippen molar-refractivity contribution in [2.45, 2.75) is 34.6 Å². The van der Waals surface area contributed by atoms with Gasteiger partial charge in [0.1, 0.15) is 0 Å².